The molecule has 9 heteroatoms. The minimum absolute atomic E-state index is 0.193. The number of piperazine rings is 1. The number of aromatic nitrogens is 4. The number of rotatable bonds is 5. The van der Waals surface area contributed by atoms with E-state index in [4.69, 9.17) is 5.73 Å². The Labute approximate surface area is 138 Å². The lowest BCUT2D eigenvalue weighted by molar-refractivity contribution is 0.149. The van der Waals surface area contributed by atoms with Gasteiger partial charge in [-0.15, -0.1) is 0 Å². The molecule has 3 rings (SSSR count). The van der Waals surface area contributed by atoms with E-state index >= 15 is 0 Å². The first-order chi connectivity index (χ1) is 11.7. The average Bonchev–Trinajstić information content (AvgIpc) is 3.05. The van der Waals surface area contributed by atoms with Crippen molar-refractivity contribution in [1.82, 2.24) is 29.7 Å². The number of hydrogen-bond donors (Lipinski definition) is 3. The number of fused-ring (bicyclic) bond motifs is 1. The summed E-state index contributed by atoms with van der Waals surface area (Å²) in [7, 11) is 0. The lowest BCUT2D eigenvalue weighted by Gasteiger charge is -2.35. The second kappa shape index (κ2) is 7.09. The van der Waals surface area contributed by atoms with E-state index in [1.807, 2.05) is 0 Å². The number of imidazole rings is 1. The van der Waals surface area contributed by atoms with Crippen LogP contribution in [0.4, 0.5) is 0 Å². The van der Waals surface area contributed by atoms with Crippen LogP contribution in [0, 0.1) is 0 Å². The van der Waals surface area contributed by atoms with E-state index < -0.39 is 0 Å². The molecule has 0 bridgehead atoms. The molecule has 1 aliphatic rings. The second-order valence-corrected chi connectivity index (χ2v) is 5.46. The van der Waals surface area contributed by atoms with E-state index in [1.165, 1.54) is 12.5 Å². The quantitative estimate of drug-likeness (QED) is 0.653. The van der Waals surface area contributed by atoms with Crippen LogP contribution in [0.15, 0.2) is 40.8 Å². The number of nitrogens with one attached hydrogen (secondary N) is 2. The van der Waals surface area contributed by atoms with Gasteiger partial charge in [0.05, 0.1) is 12.9 Å². The standard InChI is InChI=1S/C15H20N8O/c1-11(17-4-2-3-16)23-7-5-22(6-8-23)9-12-20-14-13(15(24)21-12)18-10-19-14/h2-4,10H,1,5-9,16H2,(H2,18,19,20,21,24)/b3-2-,17-4-. The molecule has 2 aromatic heterocycles. The van der Waals surface area contributed by atoms with Crippen molar-refractivity contribution in [3.8, 4) is 0 Å². The van der Waals surface area contributed by atoms with Crippen molar-refractivity contribution in [3.05, 3.63) is 47.2 Å². The number of nitrogens with zero attached hydrogens (tertiary/aromatic N) is 5. The lowest BCUT2D eigenvalue weighted by atomic mass is 10.3. The molecule has 2 aromatic rings. The van der Waals surface area contributed by atoms with Crippen molar-refractivity contribution >= 4 is 17.4 Å². The normalized spacial score (nSPS) is 16.6. The highest BCUT2D eigenvalue weighted by atomic mass is 16.1. The summed E-state index contributed by atoms with van der Waals surface area (Å²) in [6.07, 6.45) is 6.19. The third-order valence-corrected chi connectivity index (χ3v) is 3.88. The molecule has 4 N–H and O–H groups in total. The fourth-order valence-electron chi connectivity index (χ4n) is 2.60. The Hall–Kier alpha value is -2.94. The van der Waals surface area contributed by atoms with E-state index in [0.29, 0.717) is 23.5 Å². The van der Waals surface area contributed by atoms with Gasteiger partial charge in [-0.2, -0.15) is 0 Å². The molecule has 0 aromatic carbocycles. The molecule has 1 aliphatic heterocycles. The predicted octanol–water partition coefficient (Wildman–Crippen LogP) is -0.222. The Morgan fingerprint density at radius 2 is 2.21 bits per heavy atom. The molecule has 0 spiro atoms. The monoisotopic (exact) mass is 328 g/mol. The zero-order valence-electron chi connectivity index (χ0n) is 13.3. The summed E-state index contributed by atoms with van der Waals surface area (Å²) >= 11 is 0. The highest BCUT2D eigenvalue weighted by Gasteiger charge is 2.18. The molecule has 0 saturated carbocycles. The molecule has 0 amide bonds. The fourth-order valence-corrected chi connectivity index (χ4v) is 2.60. The SMILES string of the molecule is C=C(/N=C\C=C/N)N1CCN(Cc2nc3nc[nH]c3c(=O)[nH]2)CC1. The largest absolute Gasteiger partial charge is 0.405 e. The van der Waals surface area contributed by atoms with Gasteiger partial charge in [0.15, 0.2) is 11.2 Å². The van der Waals surface area contributed by atoms with Gasteiger partial charge in [-0.05, 0) is 12.3 Å². The number of allylic oxidation sites excluding steroid dienone is 1. The summed E-state index contributed by atoms with van der Waals surface area (Å²) in [5, 5.41) is 0. The van der Waals surface area contributed by atoms with Crippen LogP contribution in [-0.2, 0) is 6.54 Å². The Morgan fingerprint density at radius 1 is 1.42 bits per heavy atom. The van der Waals surface area contributed by atoms with E-state index in [-0.39, 0.29) is 5.56 Å². The highest BCUT2D eigenvalue weighted by Crippen LogP contribution is 2.11. The average molecular weight is 328 g/mol. The van der Waals surface area contributed by atoms with Gasteiger partial charge < -0.3 is 20.6 Å². The van der Waals surface area contributed by atoms with Crippen molar-refractivity contribution < 1.29 is 0 Å². The number of hydrogen-bond acceptors (Lipinski definition) is 7. The van der Waals surface area contributed by atoms with Crippen molar-refractivity contribution in [3.63, 3.8) is 0 Å². The number of aromatic amines is 2. The highest BCUT2D eigenvalue weighted by molar-refractivity contribution is 5.71. The van der Waals surface area contributed by atoms with Gasteiger partial charge in [-0.25, -0.2) is 15.0 Å². The van der Waals surface area contributed by atoms with Gasteiger partial charge >= 0.3 is 0 Å². The molecule has 1 fully saturated rings. The number of aliphatic imine (C=N–C) groups is 1. The Balaban J connectivity index is 1.58. The van der Waals surface area contributed by atoms with Crippen LogP contribution < -0.4 is 11.3 Å². The lowest BCUT2D eigenvalue weighted by Crippen LogP contribution is -2.45. The van der Waals surface area contributed by atoms with Crippen LogP contribution in [0.25, 0.3) is 11.2 Å². The number of nitrogens with two attached hydrogens (primary N) is 1. The van der Waals surface area contributed by atoms with Crippen molar-refractivity contribution in [2.24, 2.45) is 10.7 Å². The van der Waals surface area contributed by atoms with Crippen LogP contribution in [0.2, 0.25) is 0 Å². The summed E-state index contributed by atoms with van der Waals surface area (Å²) in [6.45, 7) is 7.85. The predicted molar refractivity (Wildman–Crippen MR) is 92.3 cm³/mol. The summed E-state index contributed by atoms with van der Waals surface area (Å²) < 4.78 is 0. The first-order valence-corrected chi connectivity index (χ1v) is 7.67. The zero-order chi connectivity index (χ0) is 16.9. The van der Waals surface area contributed by atoms with E-state index in [9.17, 15) is 4.79 Å². The van der Waals surface area contributed by atoms with Crippen LogP contribution >= 0.6 is 0 Å². The summed E-state index contributed by atoms with van der Waals surface area (Å²) in [6, 6.07) is 0. The molecule has 0 atom stereocenters. The molecule has 3 heterocycles. The summed E-state index contributed by atoms with van der Waals surface area (Å²) in [5.74, 6) is 1.34. The van der Waals surface area contributed by atoms with Gasteiger partial charge in [0.1, 0.15) is 11.6 Å². The molecular formula is C15H20N8O. The topological polar surface area (TPSA) is 119 Å². The third kappa shape index (κ3) is 3.51. The second-order valence-electron chi connectivity index (χ2n) is 5.46. The van der Waals surface area contributed by atoms with Crippen molar-refractivity contribution in [2.45, 2.75) is 6.54 Å². The van der Waals surface area contributed by atoms with Crippen LogP contribution in [0.5, 0.6) is 0 Å². The van der Waals surface area contributed by atoms with E-state index in [0.717, 1.165) is 32.0 Å². The van der Waals surface area contributed by atoms with Crippen LogP contribution in [-0.4, -0.2) is 62.1 Å². The van der Waals surface area contributed by atoms with Gasteiger partial charge in [-0.3, -0.25) is 9.69 Å². The first-order valence-electron chi connectivity index (χ1n) is 7.67. The van der Waals surface area contributed by atoms with Crippen molar-refractivity contribution in [2.75, 3.05) is 26.2 Å². The molecule has 0 unspecified atom stereocenters. The molecule has 0 radical (unpaired) electrons. The van der Waals surface area contributed by atoms with Gasteiger partial charge in [0.2, 0.25) is 0 Å². The summed E-state index contributed by atoms with van der Waals surface area (Å²) in [5.41, 5.74) is 5.92. The maximum absolute atomic E-state index is 11.9. The minimum atomic E-state index is -0.193. The van der Waals surface area contributed by atoms with Gasteiger partial charge in [-0.1, -0.05) is 6.58 Å². The Morgan fingerprint density at radius 3 is 2.96 bits per heavy atom. The van der Waals surface area contributed by atoms with Crippen molar-refractivity contribution in [1.29, 1.82) is 0 Å². The molecule has 9 nitrogen and oxygen atoms in total. The van der Waals surface area contributed by atoms with E-state index in [1.54, 1.807) is 12.3 Å². The maximum Gasteiger partial charge on any atom is 0.277 e. The third-order valence-electron chi connectivity index (χ3n) is 3.88. The van der Waals surface area contributed by atoms with Gasteiger partial charge in [0.25, 0.3) is 5.56 Å². The number of H-pyrrole nitrogens is 2. The minimum Gasteiger partial charge on any atom is -0.405 e. The van der Waals surface area contributed by atoms with Crippen LogP contribution in [0.1, 0.15) is 5.82 Å². The Kier molecular flexibility index (Phi) is 4.71. The maximum atomic E-state index is 11.9. The van der Waals surface area contributed by atoms with E-state index in [2.05, 4.69) is 41.3 Å². The Bertz CT molecular complexity index is 825. The molecule has 24 heavy (non-hydrogen) atoms. The molecule has 0 aliphatic carbocycles. The van der Waals surface area contributed by atoms with Gasteiger partial charge in [0, 0.05) is 32.4 Å². The smallest absolute Gasteiger partial charge is 0.277 e. The molecule has 1 saturated heterocycles. The van der Waals surface area contributed by atoms with Crippen LogP contribution in [0.3, 0.4) is 0 Å². The zero-order valence-corrected chi connectivity index (χ0v) is 13.3. The molecular weight excluding hydrogens is 308 g/mol. The summed E-state index contributed by atoms with van der Waals surface area (Å²) in [4.78, 5) is 34.5. The first kappa shape index (κ1) is 15.9. The fraction of sp³-hybridized carbons (Fsp3) is 0.333. The molecule has 126 valence electrons.